The minimum atomic E-state index is -3.66. The highest BCUT2D eigenvalue weighted by Gasteiger charge is 2.33. The Bertz CT molecular complexity index is 758. The highest BCUT2D eigenvalue weighted by Crippen LogP contribution is 2.22. The molecule has 0 radical (unpaired) electrons. The Morgan fingerprint density at radius 2 is 1.93 bits per heavy atom. The van der Waals surface area contributed by atoms with E-state index in [0.29, 0.717) is 18.7 Å². The Labute approximate surface area is 167 Å². The molecule has 0 aromatic heterocycles. The zero-order valence-corrected chi connectivity index (χ0v) is 17.6. The number of benzene rings is 1. The van der Waals surface area contributed by atoms with E-state index in [-0.39, 0.29) is 41.5 Å². The van der Waals surface area contributed by atoms with Gasteiger partial charge in [0, 0.05) is 38.3 Å². The summed E-state index contributed by atoms with van der Waals surface area (Å²) in [6, 6.07) is 6.48. The van der Waals surface area contributed by atoms with Crippen molar-refractivity contribution in [2.24, 2.45) is 0 Å². The number of nitrogens with zero attached hydrogens (tertiary/aromatic N) is 2. The Balaban J connectivity index is 0.00000261. The maximum Gasteiger partial charge on any atom is 0.253 e. The molecule has 7 nitrogen and oxygen atoms in total. The SMILES string of the molecule is CC1CN(S(=O)(=O)c2cccc(C(=O)N(C)C3CCNC3)c2)CC(C)O1.Cl. The number of nitrogens with one attached hydrogen (secondary N) is 1. The molecule has 3 unspecified atom stereocenters. The van der Waals surface area contributed by atoms with Crippen LogP contribution >= 0.6 is 12.4 Å². The van der Waals surface area contributed by atoms with Gasteiger partial charge in [0.2, 0.25) is 10.0 Å². The molecule has 0 saturated carbocycles. The molecule has 2 fully saturated rings. The summed E-state index contributed by atoms with van der Waals surface area (Å²) in [5, 5.41) is 3.24. The van der Waals surface area contributed by atoms with Crippen LogP contribution in [0.2, 0.25) is 0 Å². The van der Waals surface area contributed by atoms with Gasteiger partial charge in [-0.15, -0.1) is 12.4 Å². The molecule has 1 aromatic carbocycles. The van der Waals surface area contributed by atoms with Crippen LogP contribution < -0.4 is 5.32 Å². The number of rotatable bonds is 4. The first-order valence-electron chi connectivity index (χ1n) is 9.02. The average Bonchev–Trinajstić information content (AvgIpc) is 3.14. The van der Waals surface area contributed by atoms with Crippen molar-refractivity contribution in [2.45, 2.75) is 43.4 Å². The van der Waals surface area contributed by atoms with E-state index in [1.54, 1.807) is 30.1 Å². The number of carbonyl (C=O) groups excluding carboxylic acids is 1. The molecular weight excluding hydrogens is 390 g/mol. The van der Waals surface area contributed by atoms with Gasteiger partial charge in [0.1, 0.15) is 0 Å². The van der Waals surface area contributed by atoms with Gasteiger partial charge in [0.05, 0.1) is 17.1 Å². The number of ether oxygens (including phenoxy) is 1. The second-order valence-electron chi connectivity index (χ2n) is 7.17. The molecule has 0 aliphatic carbocycles. The zero-order valence-electron chi connectivity index (χ0n) is 15.9. The molecular formula is C18H28ClN3O4S. The van der Waals surface area contributed by atoms with Crippen LogP contribution in [0.25, 0.3) is 0 Å². The predicted molar refractivity (Wildman–Crippen MR) is 106 cm³/mol. The lowest BCUT2D eigenvalue weighted by atomic mass is 10.1. The summed E-state index contributed by atoms with van der Waals surface area (Å²) in [6.45, 7) is 6.02. The third kappa shape index (κ3) is 4.81. The molecule has 0 spiro atoms. The summed E-state index contributed by atoms with van der Waals surface area (Å²) in [4.78, 5) is 14.6. The number of morpholine rings is 1. The van der Waals surface area contributed by atoms with E-state index in [9.17, 15) is 13.2 Å². The summed E-state index contributed by atoms with van der Waals surface area (Å²) in [5.41, 5.74) is 0.398. The molecule has 2 saturated heterocycles. The van der Waals surface area contributed by atoms with E-state index in [0.717, 1.165) is 19.5 Å². The average molecular weight is 418 g/mol. The van der Waals surface area contributed by atoms with E-state index < -0.39 is 10.0 Å². The molecule has 2 aliphatic heterocycles. The first-order chi connectivity index (χ1) is 12.3. The van der Waals surface area contributed by atoms with E-state index in [1.807, 2.05) is 13.8 Å². The fraction of sp³-hybridized carbons (Fsp3) is 0.611. The van der Waals surface area contributed by atoms with Crippen LogP contribution in [0.4, 0.5) is 0 Å². The molecule has 0 bridgehead atoms. The van der Waals surface area contributed by atoms with Crippen LogP contribution in [0, 0.1) is 0 Å². The third-order valence-corrected chi connectivity index (χ3v) is 6.83. The second-order valence-corrected chi connectivity index (χ2v) is 9.11. The van der Waals surface area contributed by atoms with E-state index in [1.165, 1.54) is 10.4 Å². The molecule has 1 amide bonds. The number of halogens is 1. The lowest BCUT2D eigenvalue weighted by Gasteiger charge is -2.34. The van der Waals surface area contributed by atoms with Crippen molar-refractivity contribution in [2.75, 3.05) is 33.2 Å². The highest BCUT2D eigenvalue weighted by atomic mass is 35.5. The smallest absolute Gasteiger partial charge is 0.253 e. The van der Waals surface area contributed by atoms with Gasteiger partial charge in [-0.25, -0.2) is 8.42 Å². The minimum Gasteiger partial charge on any atom is -0.373 e. The van der Waals surface area contributed by atoms with Crippen LogP contribution in [0.1, 0.15) is 30.6 Å². The molecule has 9 heteroatoms. The van der Waals surface area contributed by atoms with Crippen molar-refractivity contribution in [3.63, 3.8) is 0 Å². The highest BCUT2D eigenvalue weighted by molar-refractivity contribution is 7.89. The van der Waals surface area contributed by atoms with Crippen molar-refractivity contribution >= 4 is 28.3 Å². The van der Waals surface area contributed by atoms with Crippen molar-refractivity contribution in [3.8, 4) is 0 Å². The minimum absolute atomic E-state index is 0. The van der Waals surface area contributed by atoms with E-state index in [4.69, 9.17) is 4.74 Å². The van der Waals surface area contributed by atoms with Crippen molar-refractivity contribution in [1.29, 1.82) is 0 Å². The third-order valence-electron chi connectivity index (χ3n) is 5.01. The summed E-state index contributed by atoms with van der Waals surface area (Å²) in [6.07, 6.45) is 0.600. The van der Waals surface area contributed by atoms with Gasteiger partial charge in [-0.3, -0.25) is 4.79 Å². The molecule has 3 rings (SSSR count). The van der Waals surface area contributed by atoms with Crippen LogP contribution in [-0.4, -0.2) is 75.0 Å². The van der Waals surface area contributed by atoms with Gasteiger partial charge in [0.15, 0.2) is 0 Å². The van der Waals surface area contributed by atoms with E-state index in [2.05, 4.69) is 5.32 Å². The maximum absolute atomic E-state index is 13.0. The lowest BCUT2D eigenvalue weighted by molar-refractivity contribution is -0.0440. The number of carbonyl (C=O) groups is 1. The number of hydrogen-bond acceptors (Lipinski definition) is 5. The monoisotopic (exact) mass is 417 g/mol. The van der Waals surface area contributed by atoms with Gasteiger partial charge in [-0.05, 0) is 45.0 Å². The molecule has 2 heterocycles. The quantitative estimate of drug-likeness (QED) is 0.799. The topological polar surface area (TPSA) is 79.0 Å². The summed E-state index contributed by atoms with van der Waals surface area (Å²) in [5.74, 6) is -0.153. The maximum atomic E-state index is 13.0. The molecule has 2 aliphatic rings. The molecule has 152 valence electrons. The number of likely N-dealkylation sites (N-methyl/N-ethyl adjacent to an activating group) is 1. The summed E-state index contributed by atoms with van der Waals surface area (Å²) in [7, 11) is -1.89. The van der Waals surface area contributed by atoms with Crippen molar-refractivity contribution in [1.82, 2.24) is 14.5 Å². The van der Waals surface area contributed by atoms with Crippen LogP contribution in [0.5, 0.6) is 0 Å². The summed E-state index contributed by atoms with van der Waals surface area (Å²) < 4.78 is 33.1. The van der Waals surface area contributed by atoms with Crippen LogP contribution in [0.15, 0.2) is 29.2 Å². The van der Waals surface area contributed by atoms with Crippen molar-refractivity contribution < 1.29 is 17.9 Å². The van der Waals surface area contributed by atoms with Crippen LogP contribution in [0.3, 0.4) is 0 Å². The lowest BCUT2D eigenvalue weighted by Crippen LogP contribution is -2.48. The van der Waals surface area contributed by atoms with Gasteiger partial charge < -0.3 is 15.0 Å². The Hall–Kier alpha value is -1.19. The van der Waals surface area contributed by atoms with Gasteiger partial charge >= 0.3 is 0 Å². The normalized spacial score (nSPS) is 26.4. The Morgan fingerprint density at radius 3 is 2.52 bits per heavy atom. The Morgan fingerprint density at radius 1 is 1.26 bits per heavy atom. The predicted octanol–water partition coefficient (Wildman–Crippen LogP) is 1.34. The standard InChI is InChI=1S/C18H27N3O4S.ClH/c1-13-11-21(12-14(2)25-13)26(23,24)17-6-4-5-15(9-17)18(22)20(3)16-7-8-19-10-16;/h4-6,9,13-14,16,19H,7-8,10-12H2,1-3H3;1H. The number of amides is 1. The molecule has 27 heavy (non-hydrogen) atoms. The van der Waals surface area contributed by atoms with Gasteiger partial charge in [-0.2, -0.15) is 4.31 Å². The number of sulfonamides is 1. The molecule has 1 aromatic rings. The zero-order chi connectivity index (χ0) is 18.9. The van der Waals surface area contributed by atoms with E-state index >= 15 is 0 Å². The Kier molecular flexibility index (Phi) is 7.27. The first kappa shape index (κ1) is 22.1. The largest absolute Gasteiger partial charge is 0.373 e. The molecule has 3 atom stereocenters. The fourth-order valence-electron chi connectivity index (χ4n) is 3.61. The van der Waals surface area contributed by atoms with Crippen LogP contribution in [-0.2, 0) is 14.8 Å². The fourth-order valence-corrected chi connectivity index (χ4v) is 5.24. The summed E-state index contributed by atoms with van der Waals surface area (Å²) >= 11 is 0. The van der Waals surface area contributed by atoms with Crippen molar-refractivity contribution in [3.05, 3.63) is 29.8 Å². The first-order valence-corrected chi connectivity index (χ1v) is 10.5. The number of hydrogen-bond donors (Lipinski definition) is 1. The van der Waals surface area contributed by atoms with Gasteiger partial charge in [0.25, 0.3) is 5.91 Å². The van der Waals surface area contributed by atoms with Gasteiger partial charge in [-0.1, -0.05) is 6.07 Å². The molecule has 1 N–H and O–H groups in total. The second kappa shape index (κ2) is 8.87.